The number of halogens is 1. The van der Waals surface area contributed by atoms with E-state index in [2.05, 4.69) is 31.4 Å². The summed E-state index contributed by atoms with van der Waals surface area (Å²) in [6, 6.07) is 3.86. The third-order valence-corrected chi connectivity index (χ3v) is 5.20. The second-order valence-electron chi connectivity index (χ2n) is 6.10. The van der Waals surface area contributed by atoms with Gasteiger partial charge in [0.15, 0.2) is 17.3 Å². The maximum atomic E-state index is 12.4. The smallest absolute Gasteiger partial charge is 0.337 e. The van der Waals surface area contributed by atoms with Crippen LogP contribution < -0.4 is 14.8 Å². The zero-order chi connectivity index (χ0) is 18.4. The second kappa shape index (κ2) is 6.35. The zero-order valence-electron chi connectivity index (χ0n) is 14.6. The number of nitrogens with zero attached hydrogens (tertiary/aromatic N) is 1. The third-order valence-electron chi connectivity index (χ3n) is 4.61. The second-order valence-corrected chi connectivity index (χ2v) is 6.96. The summed E-state index contributed by atoms with van der Waals surface area (Å²) < 4.78 is 17.2. The molecule has 1 unspecified atom stereocenters. The number of ether oxygens (including phenoxy) is 3. The number of methoxy groups -OCH3 is 1. The molecule has 7 nitrogen and oxygen atoms in total. The summed E-state index contributed by atoms with van der Waals surface area (Å²) in [6.45, 7) is 4.60. The molecule has 0 aliphatic carbocycles. The Morgan fingerprint density at radius 3 is 2.96 bits per heavy atom. The normalized spacial score (nSPS) is 18.2. The van der Waals surface area contributed by atoms with Crippen LogP contribution in [0, 0.1) is 6.92 Å². The van der Waals surface area contributed by atoms with E-state index in [4.69, 9.17) is 14.2 Å². The number of hydrogen-bond donors (Lipinski definition) is 2. The molecule has 2 N–H and O–H groups in total. The van der Waals surface area contributed by atoms with E-state index < -0.39 is 0 Å². The lowest BCUT2D eigenvalue weighted by molar-refractivity contribution is -0.136. The molecule has 0 radical (unpaired) electrons. The highest BCUT2D eigenvalue weighted by Gasteiger charge is 2.41. The maximum absolute atomic E-state index is 12.4. The average Bonchev–Trinajstić information content (AvgIpc) is 3.18. The number of rotatable bonds is 4. The summed E-state index contributed by atoms with van der Waals surface area (Å²) >= 11 is 3.57. The first-order valence-electron chi connectivity index (χ1n) is 8.27. The molecule has 136 valence electrons. The van der Waals surface area contributed by atoms with Gasteiger partial charge in [0.2, 0.25) is 0 Å². The minimum atomic E-state index is -0.312. The molecule has 0 saturated heterocycles. The Kier molecular flexibility index (Phi) is 4.14. The fourth-order valence-corrected chi connectivity index (χ4v) is 4.08. The van der Waals surface area contributed by atoms with Crippen LogP contribution in [0.15, 0.2) is 27.9 Å². The first-order chi connectivity index (χ1) is 12.5. The fraction of sp³-hybridized carbons (Fsp3) is 0.333. The topological polar surface area (TPSA) is 85.5 Å². The molecule has 0 amide bonds. The molecule has 3 heterocycles. The lowest BCUT2D eigenvalue weighted by Gasteiger charge is -2.25. The molecule has 2 aliphatic rings. The Bertz CT molecular complexity index is 935. The van der Waals surface area contributed by atoms with Gasteiger partial charge in [-0.1, -0.05) is 0 Å². The predicted molar refractivity (Wildman–Crippen MR) is 98.6 cm³/mol. The highest BCUT2D eigenvalue weighted by Crippen LogP contribution is 2.48. The number of carbonyl (C=O) groups excluding carboxylic acids is 1. The van der Waals surface area contributed by atoms with Crippen molar-refractivity contribution in [3.8, 4) is 11.5 Å². The highest BCUT2D eigenvalue weighted by atomic mass is 79.9. The number of esters is 1. The SMILES string of the molecule is CCOc1c(Br)cc(C2C3=C(COC3=O)Nc3n[nH]c(C)c32)cc1OC. The molecular formula is C18H18BrN3O4. The van der Waals surface area contributed by atoms with Gasteiger partial charge in [0.05, 0.1) is 29.5 Å². The highest BCUT2D eigenvalue weighted by molar-refractivity contribution is 9.10. The first-order valence-corrected chi connectivity index (χ1v) is 9.06. The Morgan fingerprint density at radius 1 is 1.42 bits per heavy atom. The van der Waals surface area contributed by atoms with Crippen molar-refractivity contribution < 1.29 is 19.0 Å². The van der Waals surface area contributed by atoms with Gasteiger partial charge in [-0.2, -0.15) is 5.10 Å². The van der Waals surface area contributed by atoms with Gasteiger partial charge in [0, 0.05) is 17.2 Å². The molecule has 4 rings (SSSR count). The van der Waals surface area contributed by atoms with Gasteiger partial charge in [0.1, 0.15) is 6.61 Å². The average molecular weight is 420 g/mol. The molecule has 2 aromatic rings. The van der Waals surface area contributed by atoms with E-state index >= 15 is 0 Å². The molecule has 26 heavy (non-hydrogen) atoms. The number of nitrogens with one attached hydrogen (secondary N) is 2. The van der Waals surface area contributed by atoms with E-state index in [1.807, 2.05) is 26.0 Å². The molecule has 1 aromatic carbocycles. The van der Waals surface area contributed by atoms with Gasteiger partial charge in [-0.05, 0) is 47.5 Å². The predicted octanol–water partition coefficient (Wildman–Crippen LogP) is 3.26. The van der Waals surface area contributed by atoms with Gasteiger partial charge in [-0.15, -0.1) is 0 Å². The van der Waals surface area contributed by atoms with Crippen molar-refractivity contribution in [2.24, 2.45) is 0 Å². The van der Waals surface area contributed by atoms with E-state index in [9.17, 15) is 4.79 Å². The van der Waals surface area contributed by atoms with E-state index in [1.165, 1.54) is 0 Å². The van der Waals surface area contributed by atoms with Gasteiger partial charge in [-0.3, -0.25) is 5.10 Å². The number of fused-ring (bicyclic) bond motifs is 1. The van der Waals surface area contributed by atoms with Crippen molar-refractivity contribution in [2.75, 3.05) is 25.6 Å². The molecule has 0 spiro atoms. The standard InChI is InChI=1S/C18H18BrN3O4/c1-4-25-16-10(19)5-9(6-12(16)24-3)14-13-8(2)21-22-17(13)20-11-7-26-18(23)15(11)14/h5-6,14H,4,7H2,1-3H3,(H2,20,21,22). The lowest BCUT2D eigenvalue weighted by Crippen LogP contribution is -2.20. The zero-order valence-corrected chi connectivity index (χ0v) is 16.2. The van der Waals surface area contributed by atoms with E-state index in [0.717, 1.165) is 27.0 Å². The van der Waals surface area contributed by atoms with Crippen molar-refractivity contribution in [3.63, 3.8) is 0 Å². The molecule has 1 aromatic heterocycles. The van der Waals surface area contributed by atoms with Crippen LogP contribution in [0.5, 0.6) is 11.5 Å². The summed E-state index contributed by atoms with van der Waals surface area (Å²) in [5.41, 5.74) is 4.09. The van der Waals surface area contributed by atoms with Gasteiger partial charge in [-0.25, -0.2) is 4.79 Å². The van der Waals surface area contributed by atoms with Crippen LogP contribution in [-0.4, -0.2) is 36.5 Å². The summed E-state index contributed by atoms with van der Waals surface area (Å²) in [6.07, 6.45) is 0. The molecule has 8 heteroatoms. The van der Waals surface area contributed by atoms with E-state index in [1.54, 1.807) is 7.11 Å². The molecule has 1 atom stereocenters. The number of aryl methyl sites for hydroxylation is 1. The summed E-state index contributed by atoms with van der Waals surface area (Å²) in [7, 11) is 1.60. The molecular weight excluding hydrogens is 402 g/mol. The van der Waals surface area contributed by atoms with Crippen LogP contribution in [0.1, 0.15) is 29.7 Å². The van der Waals surface area contributed by atoms with Crippen LogP contribution in [-0.2, 0) is 9.53 Å². The Morgan fingerprint density at radius 2 is 2.23 bits per heavy atom. The molecule has 0 fully saturated rings. The molecule has 2 aliphatic heterocycles. The lowest BCUT2D eigenvalue weighted by atomic mass is 9.82. The summed E-state index contributed by atoms with van der Waals surface area (Å²) in [4.78, 5) is 12.4. The monoisotopic (exact) mass is 419 g/mol. The van der Waals surface area contributed by atoms with Gasteiger partial charge < -0.3 is 19.5 Å². The molecule has 0 bridgehead atoms. The van der Waals surface area contributed by atoms with Crippen LogP contribution in [0.3, 0.4) is 0 Å². The first kappa shape index (κ1) is 17.0. The minimum absolute atomic E-state index is 0.228. The van der Waals surface area contributed by atoms with Gasteiger partial charge in [0.25, 0.3) is 0 Å². The van der Waals surface area contributed by atoms with Crippen molar-refractivity contribution in [1.29, 1.82) is 0 Å². The van der Waals surface area contributed by atoms with Crippen LogP contribution in [0.2, 0.25) is 0 Å². The maximum Gasteiger partial charge on any atom is 0.337 e. The number of aromatic amines is 1. The van der Waals surface area contributed by atoms with Gasteiger partial charge >= 0.3 is 5.97 Å². The van der Waals surface area contributed by atoms with Crippen molar-refractivity contribution in [2.45, 2.75) is 19.8 Å². The van der Waals surface area contributed by atoms with Crippen LogP contribution in [0.25, 0.3) is 0 Å². The van der Waals surface area contributed by atoms with Crippen molar-refractivity contribution >= 4 is 27.7 Å². The quantitative estimate of drug-likeness (QED) is 0.739. The number of H-pyrrole nitrogens is 1. The van der Waals surface area contributed by atoms with E-state index in [-0.39, 0.29) is 18.5 Å². The summed E-state index contributed by atoms with van der Waals surface area (Å²) in [5, 5.41) is 10.5. The van der Waals surface area contributed by atoms with E-state index in [0.29, 0.717) is 29.5 Å². The number of hydrogen-bond acceptors (Lipinski definition) is 6. The number of anilines is 1. The van der Waals surface area contributed by atoms with Crippen LogP contribution in [0.4, 0.5) is 5.82 Å². The number of cyclic esters (lactones) is 1. The Labute approximate surface area is 158 Å². The van der Waals surface area contributed by atoms with Crippen molar-refractivity contribution in [1.82, 2.24) is 10.2 Å². The number of benzene rings is 1. The fourth-order valence-electron chi connectivity index (χ4n) is 3.51. The minimum Gasteiger partial charge on any atom is -0.493 e. The number of aromatic nitrogens is 2. The third kappa shape index (κ3) is 2.47. The summed E-state index contributed by atoms with van der Waals surface area (Å²) in [5.74, 6) is 1.35. The Balaban J connectivity index is 1.92. The van der Waals surface area contributed by atoms with Crippen molar-refractivity contribution in [3.05, 3.63) is 44.7 Å². The largest absolute Gasteiger partial charge is 0.493 e. The molecule has 0 saturated carbocycles. The Hall–Kier alpha value is -2.48. The number of carbonyl (C=O) groups is 1. The van der Waals surface area contributed by atoms with Crippen LogP contribution >= 0.6 is 15.9 Å².